The second-order valence-electron chi connectivity index (χ2n) is 6.45. The van der Waals surface area contributed by atoms with Crippen molar-refractivity contribution in [2.24, 2.45) is 0 Å². The molecule has 1 unspecified atom stereocenters. The van der Waals surface area contributed by atoms with E-state index in [0.717, 1.165) is 0 Å². The van der Waals surface area contributed by atoms with E-state index < -0.39 is 52.4 Å². The summed E-state index contributed by atoms with van der Waals surface area (Å²) in [5.41, 5.74) is -0.294. The second-order valence-corrected chi connectivity index (χ2v) is 9.28. The van der Waals surface area contributed by atoms with Gasteiger partial charge in [-0.25, -0.2) is 19.1 Å². The van der Waals surface area contributed by atoms with Crippen LogP contribution in [0.25, 0.3) is 11.2 Å². The highest BCUT2D eigenvalue weighted by Crippen LogP contribution is 2.57. The van der Waals surface area contributed by atoms with Gasteiger partial charge in [-0.3, -0.25) is 18.5 Å². The summed E-state index contributed by atoms with van der Waals surface area (Å²) in [5, 5.41) is 20.5. The summed E-state index contributed by atoms with van der Waals surface area (Å²) in [6, 6.07) is 0. The summed E-state index contributed by atoms with van der Waals surface area (Å²) >= 11 is 0. The highest BCUT2D eigenvalue weighted by molar-refractivity contribution is 7.60. The van der Waals surface area contributed by atoms with Gasteiger partial charge in [0.25, 0.3) is 5.56 Å². The third-order valence-electron chi connectivity index (χ3n) is 4.24. The molecule has 0 radical (unpaired) electrons. The van der Waals surface area contributed by atoms with Crippen molar-refractivity contribution in [3.63, 3.8) is 0 Å². The lowest BCUT2D eigenvalue weighted by Crippen LogP contribution is -2.33. The van der Waals surface area contributed by atoms with Crippen LogP contribution in [0.4, 0.5) is 0 Å². The number of hydrogen-bond donors (Lipinski definition) is 5. The zero-order chi connectivity index (χ0) is 22.3. The molecule has 0 bridgehead atoms. The predicted molar refractivity (Wildman–Crippen MR) is 96.9 cm³/mol. The molecule has 3 heterocycles. The van der Waals surface area contributed by atoms with Crippen LogP contribution in [0, 0.1) is 0 Å². The number of imidazole rings is 1. The number of aromatic nitrogens is 4. The van der Waals surface area contributed by atoms with Crippen LogP contribution in [-0.2, 0) is 29.2 Å². The van der Waals surface area contributed by atoms with E-state index in [4.69, 9.17) is 14.5 Å². The Morgan fingerprint density at radius 1 is 1.17 bits per heavy atom. The molecule has 15 nitrogen and oxygen atoms in total. The fourth-order valence-electron chi connectivity index (χ4n) is 2.95. The number of nitrogens with zero attached hydrogens (tertiary/aromatic N) is 4. The van der Waals surface area contributed by atoms with Gasteiger partial charge >= 0.3 is 15.6 Å². The summed E-state index contributed by atoms with van der Waals surface area (Å²) < 4.78 is 38.3. The maximum absolute atomic E-state index is 12.4. The average Bonchev–Trinajstić information content (AvgIpc) is 3.17. The first-order valence-corrected chi connectivity index (χ1v) is 11.6. The molecule has 30 heavy (non-hydrogen) atoms. The molecule has 0 aromatic carbocycles. The first-order chi connectivity index (χ1) is 13.9. The van der Waals surface area contributed by atoms with Gasteiger partial charge in [0, 0.05) is 6.54 Å². The quantitative estimate of drug-likeness (QED) is 0.288. The summed E-state index contributed by atoms with van der Waals surface area (Å²) in [7, 11) is -10.5. The molecule has 1 saturated heterocycles. The fourth-order valence-corrected chi connectivity index (χ4v) is 4.55. The van der Waals surface area contributed by atoms with Crippen LogP contribution in [0.15, 0.2) is 17.4 Å². The van der Waals surface area contributed by atoms with Gasteiger partial charge in [0.2, 0.25) is 0 Å². The fraction of sp³-hybridized carbons (Fsp3) is 0.615. The van der Waals surface area contributed by atoms with Gasteiger partial charge in [0.15, 0.2) is 17.4 Å². The lowest BCUT2D eigenvalue weighted by atomic mass is 10.1. The largest absolute Gasteiger partial charge is 0.481 e. The van der Waals surface area contributed by atoms with Crippen molar-refractivity contribution in [1.82, 2.24) is 19.1 Å². The molecule has 5 N–H and O–H groups in total. The lowest BCUT2D eigenvalue weighted by Gasteiger charge is -2.17. The Hall–Kier alpha value is -1.51. The van der Waals surface area contributed by atoms with Crippen LogP contribution in [-0.4, -0.2) is 68.9 Å². The third-order valence-corrected chi connectivity index (χ3v) is 6.39. The molecule has 17 heteroatoms. The first-order valence-electron chi connectivity index (χ1n) is 8.61. The molecule has 168 valence electrons. The molecule has 0 aliphatic carbocycles. The van der Waals surface area contributed by atoms with E-state index in [-0.39, 0.29) is 11.2 Å². The average molecular weight is 470 g/mol. The molecule has 1 aliphatic rings. The number of phosphoric acid groups is 2. The lowest BCUT2D eigenvalue weighted by molar-refractivity contribution is -0.0503. The van der Waals surface area contributed by atoms with E-state index >= 15 is 0 Å². The third kappa shape index (κ3) is 4.86. The molecule has 0 spiro atoms. The number of aryl methyl sites for hydroxylation is 1. The molecule has 3 rings (SSSR count). The summed E-state index contributed by atoms with van der Waals surface area (Å²) in [6.45, 7) is 1.48. The molecule has 2 aromatic heterocycles. The number of aliphatic hydroxyl groups excluding tert-OH is 2. The van der Waals surface area contributed by atoms with Crippen molar-refractivity contribution in [3.05, 3.63) is 23.0 Å². The van der Waals surface area contributed by atoms with E-state index in [9.17, 15) is 29.0 Å². The molecular formula is C13H20N4O11P2. The Morgan fingerprint density at radius 3 is 2.50 bits per heavy atom. The maximum atomic E-state index is 12.4. The summed E-state index contributed by atoms with van der Waals surface area (Å²) in [5.74, 6) is 0. The molecular weight excluding hydrogens is 450 g/mol. The van der Waals surface area contributed by atoms with Gasteiger partial charge in [-0.2, -0.15) is 4.31 Å². The van der Waals surface area contributed by atoms with Crippen molar-refractivity contribution in [1.29, 1.82) is 0 Å². The zero-order valence-corrected chi connectivity index (χ0v) is 17.2. The van der Waals surface area contributed by atoms with E-state index in [1.165, 1.54) is 21.8 Å². The molecule has 5 atom stereocenters. The van der Waals surface area contributed by atoms with Crippen LogP contribution >= 0.6 is 15.6 Å². The Labute approximate surface area is 168 Å². The minimum absolute atomic E-state index is 0.0193. The van der Waals surface area contributed by atoms with Crippen LogP contribution < -0.4 is 5.56 Å². The topological polar surface area (TPSA) is 216 Å². The van der Waals surface area contributed by atoms with Crippen LogP contribution in [0.5, 0.6) is 0 Å². The van der Waals surface area contributed by atoms with Crippen molar-refractivity contribution < 1.29 is 47.6 Å². The number of hydrogen-bond acceptors (Lipinski definition) is 10. The highest BCUT2D eigenvalue weighted by Gasteiger charge is 2.46. The minimum atomic E-state index is -5.31. The minimum Gasteiger partial charge on any atom is -0.387 e. The molecule has 0 saturated carbocycles. The van der Waals surface area contributed by atoms with Crippen molar-refractivity contribution >= 4 is 26.8 Å². The van der Waals surface area contributed by atoms with Gasteiger partial charge in [-0.1, -0.05) is 6.92 Å². The van der Waals surface area contributed by atoms with Crippen molar-refractivity contribution in [2.75, 3.05) is 6.61 Å². The zero-order valence-electron chi connectivity index (χ0n) is 15.5. The standard InChI is InChI=1S/C13H20N4O11P2/c1-2-3-16-5-15-11-8(12(16)20)14-6-17(11)13-10(19)9(18)7(27-13)4-26-30(24,25)28-29(21,22)23/h5-7,9-10,13,18-19H,2-4H2,1H3,(H,24,25)(H2,21,22,23)/t7-,9-,10-,13-/m1/s1. The van der Waals surface area contributed by atoms with E-state index in [0.29, 0.717) is 13.0 Å². The van der Waals surface area contributed by atoms with E-state index in [2.05, 4.69) is 18.8 Å². The van der Waals surface area contributed by atoms with Gasteiger partial charge in [0.1, 0.15) is 24.6 Å². The Bertz CT molecular complexity index is 1070. The molecule has 0 amide bonds. The normalized spacial score (nSPS) is 26.9. The van der Waals surface area contributed by atoms with E-state index in [1.54, 1.807) is 0 Å². The highest BCUT2D eigenvalue weighted by atomic mass is 31.3. The van der Waals surface area contributed by atoms with Crippen molar-refractivity contribution in [3.8, 4) is 0 Å². The van der Waals surface area contributed by atoms with Gasteiger partial charge < -0.3 is 29.6 Å². The number of rotatable bonds is 8. The first kappa shape index (κ1) is 23.2. The summed E-state index contributed by atoms with van der Waals surface area (Å²) in [6.07, 6.45) is -2.61. The van der Waals surface area contributed by atoms with Gasteiger partial charge in [-0.05, 0) is 6.42 Å². The molecule has 1 aliphatic heterocycles. The van der Waals surface area contributed by atoms with Gasteiger partial charge in [0.05, 0.1) is 12.9 Å². The Kier molecular flexibility index (Phi) is 6.60. The number of ether oxygens (including phenoxy) is 1. The van der Waals surface area contributed by atoms with Gasteiger partial charge in [-0.15, -0.1) is 0 Å². The summed E-state index contributed by atoms with van der Waals surface area (Å²) in [4.78, 5) is 47.1. The monoisotopic (exact) mass is 470 g/mol. The Balaban J connectivity index is 1.79. The number of aliphatic hydroxyl groups is 2. The number of phosphoric ester groups is 1. The number of fused-ring (bicyclic) bond motifs is 1. The van der Waals surface area contributed by atoms with Crippen LogP contribution in [0.3, 0.4) is 0 Å². The van der Waals surface area contributed by atoms with Crippen LogP contribution in [0.1, 0.15) is 19.6 Å². The predicted octanol–water partition coefficient (Wildman–Crippen LogP) is -1.15. The Morgan fingerprint density at radius 2 is 1.87 bits per heavy atom. The van der Waals surface area contributed by atoms with Crippen molar-refractivity contribution in [2.45, 2.75) is 44.4 Å². The van der Waals surface area contributed by atoms with E-state index in [1.807, 2.05) is 6.92 Å². The maximum Gasteiger partial charge on any atom is 0.481 e. The van der Waals surface area contributed by atoms with Crippen LogP contribution in [0.2, 0.25) is 0 Å². The smallest absolute Gasteiger partial charge is 0.387 e. The molecule has 1 fully saturated rings. The SMILES string of the molecule is CCCn1cnc2c(ncn2[C@@H]2O[C@H](COP(=O)(O)OP(=O)(O)O)[C@@H](O)[C@H]2O)c1=O. The second kappa shape index (κ2) is 8.55. The molecule has 2 aromatic rings.